The molecular weight excluding hydrogens is 315 g/mol. The summed E-state index contributed by atoms with van der Waals surface area (Å²) in [5, 5.41) is 9.92. The SMILES string of the molecule is CC1CCC(c2nc3cc(Cl)c(Cl)cc3n2CC(=O)O)O1. The molecule has 3 rings (SSSR count). The quantitative estimate of drug-likeness (QED) is 0.933. The van der Waals surface area contributed by atoms with Crippen molar-refractivity contribution in [2.24, 2.45) is 0 Å². The number of carboxylic acid groups (broad SMARTS) is 1. The molecule has 0 radical (unpaired) electrons. The highest BCUT2D eigenvalue weighted by atomic mass is 35.5. The third-order valence-corrected chi connectivity index (χ3v) is 4.36. The highest BCUT2D eigenvalue weighted by Gasteiger charge is 2.29. The first-order valence-electron chi connectivity index (χ1n) is 6.68. The minimum Gasteiger partial charge on any atom is -0.480 e. The van der Waals surface area contributed by atoms with Crippen molar-refractivity contribution in [3.63, 3.8) is 0 Å². The van der Waals surface area contributed by atoms with Gasteiger partial charge in [0.25, 0.3) is 0 Å². The molecule has 21 heavy (non-hydrogen) atoms. The lowest BCUT2D eigenvalue weighted by atomic mass is 10.2. The maximum absolute atomic E-state index is 11.1. The van der Waals surface area contributed by atoms with Crippen molar-refractivity contribution in [3.8, 4) is 0 Å². The van der Waals surface area contributed by atoms with Crippen LogP contribution in [0.2, 0.25) is 10.0 Å². The van der Waals surface area contributed by atoms with Crippen LogP contribution in [-0.4, -0.2) is 26.7 Å². The van der Waals surface area contributed by atoms with Gasteiger partial charge in [0.2, 0.25) is 0 Å². The Morgan fingerprint density at radius 2 is 2.14 bits per heavy atom. The second-order valence-electron chi connectivity index (χ2n) is 5.22. The third kappa shape index (κ3) is 2.73. The molecule has 0 aliphatic carbocycles. The number of imidazole rings is 1. The van der Waals surface area contributed by atoms with Crippen LogP contribution in [0.1, 0.15) is 31.7 Å². The highest BCUT2D eigenvalue weighted by molar-refractivity contribution is 6.42. The van der Waals surface area contributed by atoms with E-state index in [1.54, 1.807) is 16.7 Å². The number of halogens is 2. The Hall–Kier alpha value is -1.30. The predicted molar refractivity (Wildman–Crippen MR) is 79.9 cm³/mol. The zero-order valence-electron chi connectivity index (χ0n) is 11.3. The van der Waals surface area contributed by atoms with Gasteiger partial charge in [-0.05, 0) is 31.9 Å². The molecular formula is C14H14Cl2N2O3. The van der Waals surface area contributed by atoms with Gasteiger partial charge in [0.1, 0.15) is 18.5 Å². The molecule has 2 heterocycles. The summed E-state index contributed by atoms with van der Waals surface area (Å²) in [6.45, 7) is 1.82. The van der Waals surface area contributed by atoms with E-state index in [2.05, 4.69) is 4.98 Å². The zero-order valence-corrected chi connectivity index (χ0v) is 12.9. The van der Waals surface area contributed by atoms with Gasteiger partial charge in [-0.1, -0.05) is 23.2 Å². The molecule has 1 saturated heterocycles. The number of aromatic nitrogens is 2. The normalized spacial score (nSPS) is 22.0. The van der Waals surface area contributed by atoms with Gasteiger partial charge in [-0.3, -0.25) is 4.79 Å². The van der Waals surface area contributed by atoms with E-state index in [0.717, 1.165) is 12.8 Å². The van der Waals surface area contributed by atoms with Gasteiger partial charge in [0, 0.05) is 0 Å². The molecule has 1 N–H and O–H groups in total. The molecule has 1 fully saturated rings. The van der Waals surface area contributed by atoms with Crippen molar-refractivity contribution in [2.45, 2.75) is 38.5 Å². The van der Waals surface area contributed by atoms with Crippen LogP contribution < -0.4 is 0 Å². The first-order valence-corrected chi connectivity index (χ1v) is 7.43. The number of nitrogens with zero attached hydrogens (tertiary/aromatic N) is 2. The molecule has 1 aliphatic heterocycles. The minimum atomic E-state index is -0.937. The number of carboxylic acids is 1. The molecule has 1 aromatic heterocycles. The number of aliphatic carboxylic acids is 1. The Labute approximate surface area is 131 Å². The first kappa shape index (κ1) is 14.6. The Morgan fingerprint density at radius 3 is 2.76 bits per heavy atom. The number of fused-ring (bicyclic) bond motifs is 1. The van der Waals surface area contributed by atoms with Gasteiger partial charge >= 0.3 is 5.97 Å². The fraction of sp³-hybridized carbons (Fsp3) is 0.429. The zero-order chi connectivity index (χ0) is 15.1. The van der Waals surface area contributed by atoms with E-state index < -0.39 is 5.97 Å². The van der Waals surface area contributed by atoms with E-state index in [0.29, 0.717) is 26.9 Å². The summed E-state index contributed by atoms with van der Waals surface area (Å²) in [4.78, 5) is 15.7. The average molecular weight is 329 g/mol. The van der Waals surface area contributed by atoms with Crippen LogP contribution in [0.25, 0.3) is 11.0 Å². The second-order valence-corrected chi connectivity index (χ2v) is 6.03. The van der Waals surface area contributed by atoms with Crippen molar-refractivity contribution in [3.05, 3.63) is 28.0 Å². The topological polar surface area (TPSA) is 64.4 Å². The Kier molecular flexibility index (Phi) is 3.82. The highest BCUT2D eigenvalue weighted by Crippen LogP contribution is 2.35. The minimum absolute atomic E-state index is 0.153. The van der Waals surface area contributed by atoms with Crippen LogP contribution >= 0.6 is 23.2 Å². The molecule has 2 atom stereocenters. The van der Waals surface area contributed by atoms with Crippen molar-refractivity contribution < 1.29 is 14.6 Å². The van der Waals surface area contributed by atoms with Crippen LogP contribution in [0.15, 0.2) is 12.1 Å². The van der Waals surface area contributed by atoms with Crippen molar-refractivity contribution >= 4 is 40.2 Å². The molecule has 1 aromatic carbocycles. The first-order chi connectivity index (χ1) is 9.95. The number of ether oxygens (including phenoxy) is 1. The lowest BCUT2D eigenvalue weighted by molar-refractivity contribution is -0.137. The number of hydrogen-bond donors (Lipinski definition) is 1. The Morgan fingerprint density at radius 1 is 1.43 bits per heavy atom. The molecule has 0 bridgehead atoms. The molecule has 7 heteroatoms. The monoisotopic (exact) mass is 328 g/mol. The van der Waals surface area contributed by atoms with Crippen LogP contribution in [0.5, 0.6) is 0 Å². The van der Waals surface area contributed by atoms with E-state index in [9.17, 15) is 4.79 Å². The standard InChI is InChI=1S/C14H14Cl2N2O3/c1-7-2-3-12(21-7)14-17-10-4-8(15)9(16)5-11(10)18(14)6-13(19)20/h4-5,7,12H,2-3,6H2,1H3,(H,19,20). The fourth-order valence-corrected chi connectivity index (χ4v) is 2.99. The molecule has 0 spiro atoms. The lowest BCUT2D eigenvalue weighted by Gasteiger charge is -2.13. The van der Waals surface area contributed by atoms with E-state index in [1.165, 1.54) is 0 Å². The van der Waals surface area contributed by atoms with Gasteiger partial charge < -0.3 is 14.4 Å². The Balaban J connectivity index is 2.15. The lowest BCUT2D eigenvalue weighted by Crippen LogP contribution is -2.15. The molecule has 2 unspecified atom stereocenters. The largest absolute Gasteiger partial charge is 0.480 e. The van der Waals surface area contributed by atoms with Gasteiger partial charge in [-0.15, -0.1) is 0 Å². The van der Waals surface area contributed by atoms with Crippen molar-refractivity contribution in [1.29, 1.82) is 0 Å². The van der Waals surface area contributed by atoms with Crippen LogP contribution in [-0.2, 0) is 16.1 Å². The molecule has 0 saturated carbocycles. The maximum atomic E-state index is 11.1. The summed E-state index contributed by atoms with van der Waals surface area (Å²) >= 11 is 12.0. The van der Waals surface area contributed by atoms with E-state index in [4.69, 9.17) is 33.0 Å². The van der Waals surface area contributed by atoms with E-state index >= 15 is 0 Å². The summed E-state index contributed by atoms with van der Waals surface area (Å²) < 4.78 is 7.46. The van der Waals surface area contributed by atoms with Crippen molar-refractivity contribution in [2.75, 3.05) is 0 Å². The van der Waals surface area contributed by atoms with E-state index in [1.807, 2.05) is 6.92 Å². The van der Waals surface area contributed by atoms with Gasteiger partial charge in [0.15, 0.2) is 0 Å². The number of carbonyl (C=O) groups is 1. The van der Waals surface area contributed by atoms with Gasteiger partial charge in [-0.25, -0.2) is 4.98 Å². The van der Waals surface area contributed by atoms with Gasteiger partial charge in [0.05, 0.1) is 27.2 Å². The summed E-state index contributed by atoms with van der Waals surface area (Å²) in [6.07, 6.45) is 1.72. The number of rotatable bonds is 3. The molecule has 1 aliphatic rings. The number of hydrogen-bond acceptors (Lipinski definition) is 3. The fourth-order valence-electron chi connectivity index (χ4n) is 2.68. The summed E-state index contributed by atoms with van der Waals surface area (Å²) in [6, 6.07) is 3.30. The van der Waals surface area contributed by atoms with Gasteiger partial charge in [-0.2, -0.15) is 0 Å². The summed E-state index contributed by atoms with van der Waals surface area (Å²) in [7, 11) is 0. The molecule has 5 nitrogen and oxygen atoms in total. The molecule has 0 amide bonds. The maximum Gasteiger partial charge on any atom is 0.323 e. The number of benzene rings is 1. The summed E-state index contributed by atoms with van der Waals surface area (Å²) in [5.74, 6) is -0.317. The Bertz CT molecular complexity index is 714. The summed E-state index contributed by atoms with van der Waals surface area (Å²) in [5.41, 5.74) is 1.29. The van der Waals surface area contributed by atoms with Crippen LogP contribution in [0, 0.1) is 0 Å². The second kappa shape index (κ2) is 5.48. The van der Waals surface area contributed by atoms with Crippen LogP contribution in [0.4, 0.5) is 0 Å². The third-order valence-electron chi connectivity index (χ3n) is 3.63. The predicted octanol–water partition coefficient (Wildman–Crippen LogP) is 3.67. The average Bonchev–Trinajstić information content (AvgIpc) is 2.95. The van der Waals surface area contributed by atoms with Crippen molar-refractivity contribution in [1.82, 2.24) is 9.55 Å². The smallest absolute Gasteiger partial charge is 0.323 e. The van der Waals surface area contributed by atoms with E-state index in [-0.39, 0.29) is 18.8 Å². The molecule has 2 aromatic rings. The molecule has 112 valence electrons. The van der Waals surface area contributed by atoms with Crippen LogP contribution in [0.3, 0.4) is 0 Å².